The second kappa shape index (κ2) is 11.5. The molecule has 3 aromatic heterocycles. The Morgan fingerprint density at radius 1 is 0.358 bits per heavy atom. The lowest BCUT2D eigenvalue weighted by atomic mass is 9.65. The smallest absolute Gasteiger partial charge is 0.137 e. The van der Waals surface area contributed by atoms with Gasteiger partial charge in [-0.25, -0.2) is 4.98 Å². The molecule has 0 atom stereocenters. The van der Waals surface area contributed by atoms with Crippen molar-refractivity contribution in [2.75, 3.05) is 0 Å². The van der Waals surface area contributed by atoms with Gasteiger partial charge in [0.25, 0.3) is 0 Å². The molecule has 11 rings (SSSR count). The summed E-state index contributed by atoms with van der Waals surface area (Å²) in [6.07, 6.45) is 1.88. The molecular formula is C50H33N3. The first-order valence-electron chi connectivity index (χ1n) is 18.2. The SMILES string of the molecule is c1ccc(C(c2ccccc2)(c2ccccc2)c2ccc(-n3c4cccc5ccc6c7c8ccccc8n(-c8ccccn8)c7cc3c6c54)cc2)cc1. The first-order valence-corrected chi connectivity index (χ1v) is 18.2. The van der Waals surface area contributed by atoms with Gasteiger partial charge in [-0.1, -0.05) is 152 Å². The quantitative estimate of drug-likeness (QED) is 0.127. The maximum Gasteiger partial charge on any atom is 0.137 e. The maximum absolute atomic E-state index is 4.84. The van der Waals surface area contributed by atoms with E-state index in [0.29, 0.717) is 0 Å². The first kappa shape index (κ1) is 29.7. The number of fused-ring (bicyclic) bond motifs is 4. The van der Waals surface area contributed by atoms with Gasteiger partial charge in [-0.05, 0) is 75.5 Å². The van der Waals surface area contributed by atoms with Crippen molar-refractivity contribution in [1.29, 1.82) is 0 Å². The van der Waals surface area contributed by atoms with Crippen molar-refractivity contribution in [3.05, 3.63) is 223 Å². The van der Waals surface area contributed by atoms with Gasteiger partial charge in [-0.15, -0.1) is 0 Å². The normalized spacial score (nSPS) is 12.2. The van der Waals surface area contributed by atoms with Gasteiger partial charge < -0.3 is 4.57 Å². The van der Waals surface area contributed by atoms with Crippen molar-refractivity contribution in [2.24, 2.45) is 0 Å². The summed E-state index contributed by atoms with van der Waals surface area (Å²) in [6.45, 7) is 0. The molecule has 0 aliphatic heterocycles. The van der Waals surface area contributed by atoms with E-state index in [0.717, 1.165) is 22.5 Å². The van der Waals surface area contributed by atoms with Crippen LogP contribution in [-0.2, 0) is 5.41 Å². The van der Waals surface area contributed by atoms with Crippen LogP contribution in [0.15, 0.2) is 200 Å². The Balaban J connectivity index is 1.21. The van der Waals surface area contributed by atoms with Crippen LogP contribution >= 0.6 is 0 Å². The zero-order chi connectivity index (χ0) is 34.9. The van der Waals surface area contributed by atoms with E-state index in [2.05, 4.69) is 197 Å². The summed E-state index contributed by atoms with van der Waals surface area (Å²) in [4.78, 5) is 4.84. The number of para-hydroxylation sites is 1. The molecule has 0 aliphatic rings. The molecule has 248 valence electrons. The average Bonchev–Trinajstić information content (AvgIpc) is 3.75. The van der Waals surface area contributed by atoms with Crippen LogP contribution in [0, 0.1) is 0 Å². The third-order valence-corrected chi connectivity index (χ3v) is 11.3. The lowest BCUT2D eigenvalue weighted by Crippen LogP contribution is -2.30. The number of aromatic nitrogens is 3. The molecule has 0 unspecified atom stereocenters. The van der Waals surface area contributed by atoms with Crippen molar-refractivity contribution >= 4 is 54.4 Å². The Morgan fingerprint density at radius 2 is 0.943 bits per heavy atom. The maximum atomic E-state index is 4.84. The van der Waals surface area contributed by atoms with Crippen LogP contribution in [0.25, 0.3) is 65.9 Å². The van der Waals surface area contributed by atoms with Gasteiger partial charge in [0, 0.05) is 33.4 Å². The summed E-state index contributed by atoms with van der Waals surface area (Å²) in [5.74, 6) is 0.914. The molecule has 0 N–H and O–H groups in total. The van der Waals surface area contributed by atoms with Crippen LogP contribution in [0.4, 0.5) is 0 Å². The molecule has 0 radical (unpaired) electrons. The Labute approximate surface area is 307 Å². The molecule has 8 aromatic carbocycles. The Bertz CT molecular complexity index is 2970. The minimum atomic E-state index is -0.508. The highest BCUT2D eigenvalue weighted by molar-refractivity contribution is 6.33. The van der Waals surface area contributed by atoms with Crippen LogP contribution in [0.2, 0.25) is 0 Å². The monoisotopic (exact) mass is 675 g/mol. The molecule has 3 nitrogen and oxygen atoms in total. The van der Waals surface area contributed by atoms with Gasteiger partial charge in [0.15, 0.2) is 0 Å². The highest BCUT2D eigenvalue weighted by Crippen LogP contribution is 2.47. The standard InChI is InChI=1S/C50H33N3/c1-4-16-35(17-5-1)50(36-18-6-2-7-19-36,37-20-8-3-9-21-37)38-27-29-39(30-28-38)52-43-24-14-15-34-26-31-41-48-40-22-10-11-23-42(40)53(46-25-12-13-32-51-46)44(48)33-45(52)49(41)47(34)43/h1-33H. The second-order valence-electron chi connectivity index (χ2n) is 13.9. The predicted molar refractivity (Wildman–Crippen MR) is 220 cm³/mol. The van der Waals surface area contributed by atoms with Crippen molar-refractivity contribution < 1.29 is 0 Å². The Morgan fingerprint density at radius 3 is 1.60 bits per heavy atom. The summed E-state index contributed by atoms with van der Waals surface area (Å²) in [5.41, 5.74) is 10.2. The molecule has 53 heavy (non-hydrogen) atoms. The molecule has 11 aromatic rings. The van der Waals surface area contributed by atoms with Crippen LogP contribution in [0.5, 0.6) is 0 Å². The van der Waals surface area contributed by atoms with E-state index in [1.165, 1.54) is 65.6 Å². The van der Waals surface area contributed by atoms with Gasteiger partial charge >= 0.3 is 0 Å². The summed E-state index contributed by atoms with van der Waals surface area (Å²) in [6, 6.07) is 70.7. The molecule has 0 aliphatic carbocycles. The zero-order valence-corrected chi connectivity index (χ0v) is 28.9. The van der Waals surface area contributed by atoms with E-state index in [-0.39, 0.29) is 0 Å². The highest BCUT2D eigenvalue weighted by atomic mass is 15.1. The van der Waals surface area contributed by atoms with E-state index >= 15 is 0 Å². The minimum absolute atomic E-state index is 0.508. The molecule has 3 heteroatoms. The Kier molecular flexibility index (Phi) is 6.47. The predicted octanol–water partition coefficient (Wildman–Crippen LogP) is 12.2. The number of pyridine rings is 1. The average molecular weight is 676 g/mol. The molecule has 0 fully saturated rings. The van der Waals surface area contributed by atoms with E-state index in [1.54, 1.807) is 0 Å². The fourth-order valence-corrected chi connectivity index (χ4v) is 9.14. The molecular weight excluding hydrogens is 643 g/mol. The largest absolute Gasteiger partial charge is 0.309 e. The van der Waals surface area contributed by atoms with Gasteiger partial charge in [-0.2, -0.15) is 0 Å². The number of benzene rings is 8. The van der Waals surface area contributed by atoms with Crippen molar-refractivity contribution in [3.8, 4) is 11.5 Å². The van der Waals surface area contributed by atoms with E-state index in [1.807, 2.05) is 12.3 Å². The molecule has 0 saturated carbocycles. The third kappa shape index (κ3) is 4.19. The van der Waals surface area contributed by atoms with Crippen molar-refractivity contribution in [3.63, 3.8) is 0 Å². The zero-order valence-electron chi connectivity index (χ0n) is 28.9. The highest BCUT2D eigenvalue weighted by Gasteiger charge is 2.38. The number of nitrogens with zero attached hydrogens (tertiary/aromatic N) is 3. The van der Waals surface area contributed by atoms with E-state index in [4.69, 9.17) is 4.98 Å². The van der Waals surface area contributed by atoms with Crippen LogP contribution in [0.1, 0.15) is 22.3 Å². The van der Waals surface area contributed by atoms with Gasteiger partial charge in [0.1, 0.15) is 5.82 Å². The lowest BCUT2D eigenvalue weighted by molar-refractivity contribution is 0.745. The third-order valence-electron chi connectivity index (χ3n) is 11.3. The number of hydrogen-bond acceptors (Lipinski definition) is 1. The summed E-state index contributed by atoms with van der Waals surface area (Å²) in [5, 5.41) is 7.60. The van der Waals surface area contributed by atoms with Crippen LogP contribution in [0.3, 0.4) is 0 Å². The molecule has 3 heterocycles. The van der Waals surface area contributed by atoms with Gasteiger partial charge in [-0.3, -0.25) is 4.57 Å². The fraction of sp³-hybridized carbons (Fsp3) is 0.0200. The van der Waals surface area contributed by atoms with Crippen LogP contribution < -0.4 is 0 Å². The van der Waals surface area contributed by atoms with E-state index in [9.17, 15) is 0 Å². The first-order chi connectivity index (χ1) is 26.3. The lowest BCUT2D eigenvalue weighted by Gasteiger charge is -2.37. The number of hydrogen-bond donors (Lipinski definition) is 0. The summed E-state index contributed by atoms with van der Waals surface area (Å²) < 4.78 is 4.78. The minimum Gasteiger partial charge on any atom is -0.309 e. The fourth-order valence-electron chi connectivity index (χ4n) is 9.14. The van der Waals surface area contributed by atoms with Crippen molar-refractivity contribution in [2.45, 2.75) is 5.41 Å². The molecule has 0 bridgehead atoms. The number of rotatable bonds is 6. The van der Waals surface area contributed by atoms with E-state index < -0.39 is 5.41 Å². The molecule has 0 spiro atoms. The topological polar surface area (TPSA) is 22.8 Å². The second-order valence-corrected chi connectivity index (χ2v) is 13.9. The van der Waals surface area contributed by atoms with Crippen molar-refractivity contribution in [1.82, 2.24) is 14.1 Å². The van der Waals surface area contributed by atoms with Crippen LogP contribution in [-0.4, -0.2) is 14.1 Å². The summed E-state index contributed by atoms with van der Waals surface area (Å²) in [7, 11) is 0. The van der Waals surface area contributed by atoms with Gasteiger partial charge in [0.05, 0.1) is 27.5 Å². The Hall–Kier alpha value is -6.97. The van der Waals surface area contributed by atoms with Gasteiger partial charge in [0.2, 0.25) is 0 Å². The molecule has 0 saturated heterocycles. The summed E-state index contributed by atoms with van der Waals surface area (Å²) >= 11 is 0. The molecule has 0 amide bonds.